The third-order valence-electron chi connectivity index (χ3n) is 6.43. The number of aromatic nitrogens is 2. The van der Waals surface area contributed by atoms with Crippen LogP contribution in [0.2, 0.25) is 0 Å². The number of hydrogen-bond acceptors (Lipinski definition) is 7. The van der Waals surface area contributed by atoms with Gasteiger partial charge < -0.3 is 30.6 Å². The highest BCUT2D eigenvalue weighted by Gasteiger charge is 2.31. The van der Waals surface area contributed by atoms with E-state index in [1.54, 1.807) is 24.6 Å². The first kappa shape index (κ1) is 29.3. The monoisotopic (exact) mass is 564 g/mol. The molecule has 2 atom stereocenters. The number of hydrogen-bond donors (Lipinski definition) is 3. The molecule has 2 aromatic carbocycles. The maximum absolute atomic E-state index is 13.6. The number of amides is 3. The summed E-state index contributed by atoms with van der Waals surface area (Å²) in [4.78, 5) is 45.7. The van der Waals surface area contributed by atoms with Crippen LogP contribution in [0.5, 0.6) is 0 Å². The summed E-state index contributed by atoms with van der Waals surface area (Å²) in [5.41, 5.74) is 6.52. The van der Waals surface area contributed by atoms with Gasteiger partial charge in [0.05, 0.1) is 25.1 Å². The molecule has 0 bridgehead atoms. The number of benzene rings is 2. The molecule has 1 aliphatic rings. The minimum absolute atomic E-state index is 0.0218. The smallest absolute Gasteiger partial charge is 0.250 e. The quantitative estimate of drug-likeness (QED) is 0.326. The molecular weight excluding hydrogens is 528 g/mol. The van der Waals surface area contributed by atoms with Gasteiger partial charge in [-0.1, -0.05) is 60.7 Å². The van der Waals surface area contributed by atoms with Crippen LogP contribution in [0.1, 0.15) is 31.0 Å². The van der Waals surface area contributed by atoms with E-state index in [1.807, 2.05) is 77.3 Å². The van der Waals surface area contributed by atoms with Crippen molar-refractivity contribution < 1.29 is 19.1 Å². The summed E-state index contributed by atoms with van der Waals surface area (Å²) in [5, 5.41) is 5.44. The van der Waals surface area contributed by atoms with Crippen LogP contribution in [-0.4, -0.2) is 75.0 Å². The molecule has 2 heterocycles. The Kier molecular flexibility index (Phi) is 9.97. The van der Waals surface area contributed by atoms with Gasteiger partial charge in [0.2, 0.25) is 11.8 Å². The molecule has 3 aromatic rings. The second-order valence-electron chi connectivity index (χ2n) is 10.2. The standard InChI is InChI=1S/C29H36N6O4S/c1-29(2,30)28(38)32-23(19-39-18-21-9-5-3-6-10-21)26(36)33-24-17-35(20-31-24)25(22-11-7-4-8-12-22)27(37)34-13-15-40-16-14-34/h3-12,17,20,23,25H,13-16,18-19,30H2,1-2H3,(H,32,38)(H,33,36). The summed E-state index contributed by atoms with van der Waals surface area (Å²) >= 11 is 1.83. The molecular formula is C29H36N6O4S. The molecule has 11 heteroatoms. The van der Waals surface area contributed by atoms with E-state index in [0.717, 1.165) is 22.6 Å². The van der Waals surface area contributed by atoms with Gasteiger partial charge in [-0.3, -0.25) is 14.4 Å². The van der Waals surface area contributed by atoms with Crippen molar-refractivity contribution in [2.75, 3.05) is 36.5 Å². The van der Waals surface area contributed by atoms with Gasteiger partial charge in [0, 0.05) is 30.8 Å². The number of rotatable bonds is 11. The summed E-state index contributed by atoms with van der Waals surface area (Å²) in [6.45, 7) is 4.70. The molecule has 3 amide bonds. The second kappa shape index (κ2) is 13.6. The van der Waals surface area contributed by atoms with Gasteiger partial charge in [-0.15, -0.1) is 0 Å². The van der Waals surface area contributed by atoms with Gasteiger partial charge in [0.1, 0.15) is 12.1 Å². The normalized spacial score (nSPS) is 15.2. The van der Waals surface area contributed by atoms with Crippen molar-refractivity contribution in [2.24, 2.45) is 5.73 Å². The highest BCUT2D eigenvalue weighted by atomic mass is 32.2. The number of nitrogens with two attached hydrogens (primary N) is 1. The zero-order valence-electron chi connectivity index (χ0n) is 22.8. The largest absolute Gasteiger partial charge is 0.374 e. The van der Waals surface area contributed by atoms with Crippen molar-refractivity contribution in [1.29, 1.82) is 0 Å². The first-order valence-corrected chi connectivity index (χ1v) is 14.3. The van der Waals surface area contributed by atoms with E-state index in [0.29, 0.717) is 13.1 Å². The van der Waals surface area contributed by atoms with Crippen molar-refractivity contribution >= 4 is 35.3 Å². The number of carbonyl (C=O) groups is 3. The molecule has 4 rings (SSSR count). The predicted molar refractivity (Wildman–Crippen MR) is 156 cm³/mol. The number of anilines is 1. The Labute approximate surface area is 238 Å². The molecule has 0 spiro atoms. The van der Waals surface area contributed by atoms with Crippen LogP contribution in [-0.2, 0) is 25.7 Å². The van der Waals surface area contributed by atoms with Crippen molar-refractivity contribution in [3.63, 3.8) is 0 Å². The highest BCUT2D eigenvalue weighted by molar-refractivity contribution is 7.99. The lowest BCUT2D eigenvalue weighted by molar-refractivity contribution is -0.133. The lowest BCUT2D eigenvalue weighted by Crippen LogP contribution is -2.56. The first-order valence-electron chi connectivity index (χ1n) is 13.2. The van der Waals surface area contributed by atoms with Gasteiger partial charge in [0.25, 0.3) is 5.91 Å². The van der Waals surface area contributed by atoms with Gasteiger partial charge in [-0.2, -0.15) is 11.8 Å². The van der Waals surface area contributed by atoms with Crippen molar-refractivity contribution in [3.8, 4) is 0 Å². The Morgan fingerprint density at radius 1 is 1.05 bits per heavy atom. The van der Waals surface area contributed by atoms with Crippen LogP contribution in [0.25, 0.3) is 0 Å². The molecule has 0 radical (unpaired) electrons. The Morgan fingerprint density at radius 3 is 2.35 bits per heavy atom. The van der Waals surface area contributed by atoms with Crippen molar-refractivity contribution in [1.82, 2.24) is 19.8 Å². The maximum atomic E-state index is 13.6. The maximum Gasteiger partial charge on any atom is 0.250 e. The minimum Gasteiger partial charge on any atom is -0.374 e. The third-order valence-corrected chi connectivity index (χ3v) is 7.37. The summed E-state index contributed by atoms with van der Waals surface area (Å²) in [6, 6.07) is 17.4. The predicted octanol–water partition coefficient (Wildman–Crippen LogP) is 2.43. The number of imidazole rings is 1. The molecule has 10 nitrogen and oxygen atoms in total. The molecule has 0 saturated carbocycles. The molecule has 212 valence electrons. The van der Waals surface area contributed by atoms with E-state index in [-0.39, 0.29) is 24.9 Å². The first-order chi connectivity index (χ1) is 19.2. The summed E-state index contributed by atoms with van der Waals surface area (Å²) < 4.78 is 7.47. The topological polar surface area (TPSA) is 132 Å². The number of ether oxygens (including phenoxy) is 1. The Balaban J connectivity index is 1.49. The van der Waals surface area contributed by atoms with Crippen LogP contribution >= 0.6 is 11.8 Å². The zero-order valence-corrected chi connectivity index (χ0v) is 23.6. The number of nitrogens with zero attached hydrogens (tertiary/aromatic N) is 3. The van der Waals surface area contributed by atoms with Gasteiger partial charge in [-0.25, -0.2) is 4.98 Å². The lowest BCUT2D eigenvalue weighted by Gasteiger charge is -2.30. The Morgan fingerprint density at radius 2 is 1.70 bits per heavy atom. The molecule has 1 saturated heterocycles. The molecule has 1 aromatic heterocycles. The molecule has 40 heavy (non-hydrogen) atoms. The molecule has 1 aliphatic heterocycles. The Bertz CT molecular complexity index is 1270. The fraction of sp³-hybridized carbons (Fsp3) is 0.379. The van der Waals surface area contributed by atoms with Gasteiger partial charge in [0.15, 0.2) is 5.82 Å². The minimum atomic E-state index is -1.18. The van der Waals surface area contributed by atoms with Crippen molar-refractivity contribution in [3.05, 3.63) is 84.3 Å². The third kappa shape index (κ3) is 7.93. The van der Waals surface area contributed by atoms with Crippen LogP contribution in [0, 0.1) is 0 Å². The number of nitrogens with one attached hydrogen (secondary N) is 2. The fourth-order valence-electron chi connectivity index (χ4n) is 4.19. The summed E-state index contributed by atoms with van der Waals surface area (Å²) in [5.74, 6) is 1.03. The van der Waals surface area contributed by atoms with E-state index in [2.05, 4.69) is 15.6 Å². The van der Waals surface area contributed by atoms with E-state index in [9.17, 15) is 14.4 Å². The highest BCUT2D eigenvalue weighted by Crippen LogP contribution is 2.24. The molecule has 4 N–H and O–H groups in total. The van der Waals surface area contributed by atoms with Gasteiger partial charge >= 0.3 is 0 Å². The van der Waals surface area contributed by atoms with E-state index in [1.165, 1.54) is 6.33 Å². The van der Waals surface area contributed by atoms with Crippen LogP contribution in [0.3, 0.4) is 0 Å². The fourth-order valence-corrected chi connectivity index (χ4v) is 5.09. The van der Waals surface area contributed by atoms with Crippen molar-refractivity contribution in [2.45, 2.75) is 38.1 Å². The van der Waals surface area contributed by atoms with E-state index >= 15 is 0 Å². The average molecular weight is 565 g/mol. The lowest BCUT2D eigenvalue weighted by atomic mass is 10.1. The number of thioether (sulfide) groups is 1. The Hall–Kier alpha value is -3.67. The summed E-state index contributed by atoms with van der Waals surface area (Å²) in [7, 11) is 0. The SMILES string of the molecule is CC(C)(N)C(=O)NC(COCc1ccccc1)C(=O)Nc1cn(C(C(=O)N2CCSCC2)c2ccccc2)cn1. The van der Waals surface area contributed by atoms with E-state index in [4.69, 9.17) is 10.5 Å². The van der Waals surface area contributed by atoms with Gasteiger partial charge in [-0.05, 0) is 25.0 Å². The molecule has 1 fully saturated rings. The molecule has 0 aliphatic carbocycles. The zero-order chi connectivity index (χ0) is 28.5. The van der Waals surface area contributed by atoms with Crippen LogP contribution in [0.4, 0.5) is 5.82 Å². The second-order valence-corrected chi connectivity index (χ2v) is 11.4. The molecule has 2 unspecified atom stereocenters. The van der Waals surface area contributed by atoms with Crippen LogP contribution in [0.15, 0.2) is 73.2 Å². The summed E-state index contributed by atoms with van der Waals surface area (Å²) in [6.07, 6.45) is 3.16. The number of carbonyl (C=O) groups excluding carboxylic acids is 3. The van der Waals surface area contributed by atoms with Crippen LogP contribution < -0.4 is 16.4 Å². The average Bonchev–Trinajstić information content (AvgIpc) is 3.41. The van der Waals surface area contributed by atoms with E-state index < -0.39 is 29.4 Å².